The zero-order valence-electron chi connectivity index (χ0n) is 15.9. The molecule has 1 fully saturated rings. The molecule has 1 amide bonds. The van der Waals surface area contributed by atoms with E-state index in [0.717, 1.165) is 43.6 Å². The number of carbonyl (C=O) groups excluding carboxylic acids is 1. The minimum Gasteiger partial charge on any atom is -0.357 e. The number of benzene rings is 1. The van der Waals surface area contributed by atoms with Crippen molar-refractivity contribution in [3.63, 3.8) is 0 Å². The van der Waals surface area contributed by atoms with Crippen LogP contribution in [0.15, 0.2) is 29.3 Å². The Morgan fingerprint density at radius 3 is 2.41 bits per heavy atom. The monoisotopic (exact) mass is 384 g/mol. The Morgan fingerprint density at radius 2 is 1.85 bits per heavy atom. The minimum absolute atomic E-state index is 0.123. The molecular weight excluding hydrogens is 357 g/mol. The summed E-state index contributed by atoms with van der Waals surface area (Å²) in [7, 11) is 1.82. The lowest BCUT2D eigenvalue weighted by Crippen LogP contribution is -2.38. The Kier molecular flexibility index (Phi) is 7.50. The summed E-state index contributed by atoms with van der Waals surface area (Å²) < 4.78 is 38.0. The second kappa shape index (κ2) is 9.62. The summed E-state index contributed by atoms with van der Waals surface area (Å²) in [6.07, 6.45) is -1.84. The molecule has 0 aliphatic carbocycles. The summed E-state index contributed by atoms with van der Waals surface area (Å²) >= 11 is 0. The quantitative estimate of drug-likeness (QED) is 0.606. The van der Waals surface area contributed by atoms with Gasteiger partial charge in [-0.2, -0.15) is 13.2 Å². The molecule has 0 atom stereocenters. The molecule has 27 heavy (non-hydrogen) atoms. The highest BCUT2D eigenvalue weighted by Gasteiger charge is 2.30. The standard InChI is InChI=1S/C19H27F3N4O/c1-3-23-18(24-11-10-17(27)26-12-4-5-13-26)25(2)14-15-6-8-16(9-7-15)19(20,21)22/h6-9H,3-5,10-14H2,1-2H3,(H,23,24). The fourth-order valence-electron chi connectivity index (χ4n) is 3.00. The summed E-state index contributed by atoms with van der Waals surface area (Å²) in [5, 5.41) is 3.15. The van der Waals surface area contributed by atoms with Crippen molar-refractivity contribution in [1.82, 2.24) is 15.1 Å². The van der Waals surface area contributed by atoms with Crippen LogP contribution in [-0.2, 0) is 17.5 Å². The van der Waals surface area contributed by atoms with Crippen LogP contribution in [0, 0.1) is 0 Å². The zero-order chi connectivity index (χ0) is 19.9. The van der Waals surface area contributed by atoms with Crippen molar-refractivity contribution in [3.8, 4) is 0 Å². The average molecular weight is 384 g/mol. The van der Waals surface area contributed by atoms with E-state index < -0.39 is 11.7 Å². The highest BCUT2D eigenvalue weighted by Crippen LogP contribution is 2.29. The number of alkyl halides is 3. The zero-order valence-corrected chi connectivity index (χ0v) is 15.9. The van der Waals surface area contributed by atoms with Crippen LogP contribution in [0.4, 0.5) is 13.2 Å². The number of likely N-dealkylation sites (tertiary alicyclic amines) is 1. The van der Waals surface area contributed by atoms with Gasteiger partial charge >= 0.3 is 6.18 Å². The van der Waals surface area contributed by atoms with Gasteiger partial charge in [-0.05, 0) is 37.5 Å². The first-order chi connectivity index (χ1) is 12.8. The van der Waals surface area contributed by atoms with E-state index in [1.807, 2.05) is 23.8 Å². The fraction of sp³-hybridized carbons (Fsp3) is 0.579. The summed E-state index contributed by atoms with van der Waals surface area (Å²) in [4.78, 5) is 20.3. The Hall–Kier alpha value is -2.25. The summed E-state index contributed by atoms with van der Waals surface area (Å²) in [5.41, 5.74) is 0.0964. The molecule has 1 saturated heterocycles. The second-order valence-electron chi connectivity index (χ2n) is 6.62. The number of nitrogens with zero attached hydrogens (tertiary/aromatic N) is 3. The number of hydrogen-bond acceptors (Lipinski definition) is 2. The van der Waals surface area contributed by atoms with Gasteiger partial charge in [0.2, 0.25) is 5.91 Å². The molecule has 0 radical (unpaired) electrons. The molecule has 0 aromatic heterocycles. The van der Waals surface area contributed by atoms with Gasteiger partial charge in [-0.1, -0.05) is 12.1 Å². The molecule has 1 heterocycles. The van der Waals surface area contributed by atoms with Crippen LogP contribution < -0.4 is 5.32 Å². The Labute approximate surface area is 158 Å². The van der Waals surface area contributed by atoms with Crippen LogP contribution in [0.5, 0.6) is 0 Å². The Bertz CT molecular complexity index is 637. The number of hydrogen-bond donors (Lipinski definition) is 1. The molecule has 1 aromatic rings. The molecule has 2 rings (SSSR count). The molecule has 0 bridgehead atoms. The SMILES string of the molecule is CCNC(=NCCC(=O)N1CCCC1)N(C)Cc1ccc(C(F)(F)F)cc1. The van der Waals surface area contributed by atoms with Crippen molar-refractivity contribution in [2.45, 2.75) is 38.9 Å². The van der Waals surface area contributed by atoms with Crippen molar-refractivity contribution < 1.29 is 18.0 Å². The number of nitrogens with one attached hydrogen (secondary N) is 1. The van der Waals surface area contributed by atoms with Gasteiger partial charge in [-0.25, -0.2) is 0 Å². The minimum atomic E-state index is -4.33. The molecule has 1 aliphatic rings. The van der Waals surface area contributed by atoms with Gasteiger partial charge in [0.05, 0.1) is 12.1 Å². The lowest BCUT2D eigenvalue weighted by molar-refractivity contribution is -0.137. The van der Waals surface area contributed by atoms with E-state index >= 15 is 0 Å². The highest BCUT2D eigenvalue weighted by atomic mass is 19.4. The van der Waals surface area contributed by atoms with Crippen molar-refractivity contribution in [2.24, 2.45) is 4.99 Å². The average Bonchev–Trinajstić information content (AvgIpc) is 3.15. The van der Waals surface area contributed by atoms with Gasteiger partial charge in [-0.3, -0.25) is 9.79 Å². The second-order valence-corrected chi connectivity index (χ2v) is 6.62. The normalized spacial score (nSPS) is 15.1. The van der Waals surface area contributed by atoms with E-state index in [-0.39, 0.29) is 5.91 Å². The first-order valence-corrected chi connectivity index (χ1v) is 9.24. The van der Waals surface area contributed by atoms with E-state index in [4.69, 9.17) is 0 Å². The first-order valence-electron chi connectivity index (χ1n) is 9.24. The number of rotatable bonds is 6. The molecule has 1 aromatic carbocycles. The van der Waals surface area contributed by atoms with Gasteiger partial charge in [0.1, 0.15) is 0 Å². The topological polar surface area (TPSA) is 47.9 Å². The van der Waals surface area contributed by atoms with E-state index in [1.54, 1.807) is 0 Å². The van der Waals surface area contributed by atoms with Crippen LogP contribution in [0.25, 0.3) is 0 Å². The number of guanidine groups is 1. The van der Waals surface area contributed by atoms with Gasteiger partial charge < -0.3 is 15.1 Å². The number of carbonyl (C=O) groups is 1. The maximum atomic E-state index is 12.7. The Morgan fingerprint density at radius 1 is 1.22 bits per heavy atom. The van der Waals surface area contributed by atoms with Crippen LogP contribution in [0.2, 0.25) is 0 Å². The Balaban J connectivity index is 1.92. The molecule has 150 valence electrons. The third-order valence-corrected chi connectivity index (χ3v) is 4.44. The number of aliphatic imine (C=N–C) groups is 1. The largest absolute Gasteiger partial charge is 0.416 e. The van der Waals surface area contributed by atoms with Crippen LogP contribution in [-0.4, -0.2) is 54.9 Å². The molecule has 0 spiro atoms. The molecule has 5 nitrogen and oxygen atoms in total. The molecule has 8 heteroatoms. The van der Waals surface area contributed by atoms with E-state index in [9.17, 15) is 18.0 Å². The number of halogens is 3. The van der Waals surface area contributed by atoms with E-state index in [1.165, 1.54) is 12.1 Å². The molecule has 0 unspecified atom stereocenters. The van der Waals surface area contributed by atoms with E-state index in [2.05, 4.69) is 10.3 Å². The maximum absolute atomic E-state index is 12.7. The lowest BCUT2D eigenvalue weighted by atomic mass is 10.1. The number of amides is 1. The van der Waals surface area contributed by atoms with Gasteiger partial charge in [-0.15, -0.1) is 0 Å². The molecule has 1 N–H and O–H groups in total. The smallest absolute Gasteiger partial charge is 0.357 e. The van der Waals surface area contributed by atoms with Gasteiger partial charge in [0.25, 0.3) is 0 Å². The third kappa shape index (κ3) is 6.45. The van der Waals surface area contributed by atoms with Gasteiger partial charge in [0, 0.05) is 39.6 Å². The van der Waals surface area contributed by atoms with Gasteiger partial charge in [0.15, 0.2) is 5.96 Å². The van der Waals surface area contributed by atoms with Crippen LogP contribution in [0.3, 0.4) is 0 Å². The fourth-order valence-corrected chi connectivity index (χ4v) is 3.00. The van der Waals surface area contributed by atoms with Crippen molar-refractivity contribution in [1.29, 1.82) is 0 Å². The maximum Gasteiger partial charge on any atom is 0.416 e. The lowest BCUT2D eigenvalue weighted by Gasteiger charge is -2.22. The molecule has 0 saturated carbocycles. The van der Waals surface area contributed by atoms with Crippen molar-refractivity contribution in [2.75, 3.05) is 33.2 Å². The predicted molar refractivity (Wildman–Crippen MR) is 99.3 cm³/mol. The van der Waals surface area contributed by atoms with Crippen LogP contribution >= 0.6 is 0 Å². The molecular formula is C19H27F3N4O. The third-order valence-electron chi connectivity index (χ3n) is 4.44. The van der Waals surface area contributed by atoms with E-state index in [0.29, 0.717) is 32.0 Å². The summed E-state index contributed by atoms with van der Waals surface area (Å²) in [5.74, 6) is 0.754. The summed E-state index contributed by atoms with van der Waals surface area (Å²) in [6.45, 7) is 5.07. The van der Waals surface area contributed by atoms with Crippen molar-refractivity contribution >= 4 is 11.9 Å². The van der Waals surface area contributed by atoms with Crippen LogP contribution in [0.1, 0.15) is 37.3 Å². The molecule has 1 aliphatic heterocycles. The summed E-state index contributed by atoms with van der Waals surface area (Å²) in [6, 6.07) is 5.11. The predicted octanol–water partition coefficient (Wildman–Crippen LogP) is 3.12. The van der Waals surface area contributed by atoms with Crippen molar-refractivity contribution in [3.05, 3.63) is 35.4 Å². The first kappa shape index (κ1) is 21.1. The highest BCUT2D eigenvalue weighted by molar-refractivity contribution is 5.81.